The summed E-state index contributed by atoms with van der Waals surface area (Å²) in [6, 6.07) is 4.86. The van der Waals surface area contributed by atoms with Gasteiger partial charge in [0.15, 0.2) is 11.4 Å². The van der Waals surface area contributed by atoms with Crippen molar-refractivity contribution in [1.29, 1.82) is 5.26 Å². The molecule has 0 saturated heterocycles. The summed E-state index contributed by atoms with van der Waals surface area (Å²) in [5, 5.41) is 11.4. The molecule has 0 fully saturated rings. The average Bonchev–Trinajstić information content (AvgIpc) is 2.91. The highest BCUT2D eigenvalue weighted by Gasteiger charge is 2.34. The van der Waals surface area contributed by atoms with Crippen LogP contribution >= 0.6 is 0 Å². The van der Waals surface area contributed by atoms with Crippen LogP contribution < -0.4 is 14.8 Å². The van der Waals surface area contributed by atoms with Crippen molar-refractivity contribution in [1.82, 2.24) is 9.29 Å². The third kappa shape index (κ3) is 3.51. The first kappa shape index (κ1) is 18.9. The van der Waals surface area contributed by atoms with Gasteiger partial charge in [0.1, 0.15) is 23.4 Å². The van der Waals surface area contributed by atoms with Gasteiger partial charge in [0, 0.05) is 18.9 Å². The summed E-state index contributed by atoms with van der Waals surface area (Å²) >= 11 is 0. The van der Waals surface area contributed by atoms with Crippen LogP contribution in [-0.4, -0.2) is 31.5 Å². The number of carbonyl (C=O) groups excluding carboxylic acids is 1. The summed E-state index contributed by atoms with van der Waals surface area (Å²) in [5.74, 6) is -1.38. The second kappa shape index (κ2) is 7.02. The molecule has 1 aromatic heterocycles. The van der Waals surface area contributed by atoms with Crippen molar-refractivity contribution in [3.63, 3.8) is 0 Å². The molecule has 2 N–H and O–H groups in total. The number of hydrogen-bond acceptors (Lipinski definition) is 5. The molecule has 142 valence electrons. The fourth-order valence-electron chi connectivity index (χ4n) is 2.75. The summed E-state index contributed by atoms with van der Waals surface area (Å²) in [5.41, 5.74) is -0.00350. The van der Waals surface area contributed by atoms with Crippen molar-refractivity contribution < 1.29 is 22.3 Å². The van der Waals surface area contributed by atoms with Crippen LogP contribution in [0.5, 0.6) is 5.75 Å². The van der Waals surface area contributed by atoms with Crippen LogP contribution in [0.15, 0.2) is 29.3 Å². The zero-order valence-electron chi connectivity index (χ0n) is 14.6. The Hall–Kier alpha value is -2.90. The zero-order valence-corrected chi connectivity index (χ0v) is 15.4. The van der Waals surface area contributed by atoms with Gasteiger partial charge in [-0.3, -0.25) is 4.79 Å². The minimum absolute atomic E-state index is 0.00922. The lowest BCUT2D eigenvalue weighted by atomic mass is 10.2. The summed E-state index contributed by atoms with van der Waals surface area (Å²) < 4.78 is 48.0. The molecule has 1 aliphatic heterocycles. The van der Waals surface area contributed by atoms with Gasteiger partial charge in [0.2, 0.25) is 10.0 Å². The van der Waals surface area contributed by atoms with E-state index >= 15 is 0 Å². The predicted octanol–water partition coefficient (Wildman–Crippen LogP) is 1.74. The summed E-state index contributed by atoms with van der Waals surface area (Å²) in [4.78, 5) is 12.6. The van der Waals surface area contributed by atoms with Gasteiger partial charge in [0.05, 0.1) is 11.6 Å². The Bertz CT molecular complexity index is 1060. The molecule has 1 atom stereocenters. The normalized spacial score (nSPS) is 17.9. The van der Waals surface area contributed by atoms with Gasteiger partial charge in [-0.05, 0) is 24.6 Å². The topological polar surface area (TPSA) is 113 Å². The van der Waals surface area contributed by atoms with Crippen LogP contribution in [-0.2, 0) is 17.1 Å². The second-order valence-electron chi connectivity index (χ2n) is 6.08. The van der Waals surface area contributed by atoms with E-state index in [9.17, 15) is 17.6 Å². The smallest absolute Gasteiger partial charge is 0.276 e. The van der Waals surface area contributed by atoms with E-state index in [0.29, 0.717) is 6.42 Å². The molecule has 1 amide bonds. The van der Waals surface area contributed by atoms with Gasteiger partial charge < -0.3 is 14.6 Å². The van der Waals surface area contributed by atoms with E-state index in [2.05, 4.69) is 10.0 Å². The van der Waals surface area contributed by atoms with Crippen LogP contribution in [0.2, 0.25) is 0 Å². The molecule has 0 radical (unpaired) electrons. The number of nitrogens with one attached hydrogen (secondary N) is 2. The molecule has 2 heterocycles. The average molecular weight is 392 g/mol. The SMILES string of the molecule is CC[C@H]1COc2c(cn(C)c2C(=O)Nc2ccc(F)c(C#N)c2)S(=O)(=O)N1. The number of nitrogens with zero attached hydrogens (tertiary/aromatic N) is 2. The molecule has 0 spiro atoms. The molecule has 1 aliphatic rings. The molecule has 0 aliphatic carbocycles. The fourth-order valence-corrected chi connectivity index (χ4v) is 4.25. The number of fused-ring (bicyclic) bond motifs is 1. The van der Waals surface area contributed by atoms with E-state index in [-0.39, 0.29) is 34.2 Å². The number of aryl methyl sites for hydroxylation is 1. The Balaban J connectivity index is 1.98. The molecule has 3 rings (SSSR count). The van der Waals surface area contributed by atoms with Crippen LogP contribution in [0.25, 0.3) is 0 Å². The van der Waals surface area contributed by atoms with Crippen LogP contribution in [0.1, 0.15) is 29.4 Å². The summed E-state index contributed by atoms with van der Waals surface area (Å²) in [6.07, 6.45) is 1.83. The monoisotopic (exact) mass is 392 g/mol. The van der Waals surface area contributed by atoms with Gasteiger partial charge in [-0.15, -0.1) is 0 Å². The molecular weight excluding hydrogens is 375 g/mol. The fraction of sp³-hybridized carbons (Fsp3) is 0.294. The minimum atomic E-state index is -3.83. The largest absolute Gasteiger partial charge is 0.488 e. The van der Waals surface area contributed by atoms with Crippen molar-refractivity contribution in [2.24, 2.45) is 7.05 Å². The molecule has 1 aromatic carbocycles. The number of amides is 1. The van der Waals surface area contributed by atoms with Gasteiger partial charge in [0.25, 0.3) is 5.91 Å². The van der Waals surface area contributed by atoms with Gasteiger partial charge in [-0.2, -0.15) is 5.26 Å². The highest BCUT2D eigenvalue weighted by atomic mass is 32.2. The number of sulfonamides is 1. The number of carbonyl (C=O) groups is 1. The van der Waals surface area contributed by atoms with Crippen molar-refractivity contribution >= 4 is 21.6 Å². The number of hydrogen-bond donors (Lipinski definition) is 2. The summed E-state index contributed by atoms with van der Waals surface area (Å²) in [6.45, 7) is 1.91. The highest BCUT2D eigenvalue weighted by molar-refractivity contribution is 7.89. The Labute approximate surface area is 155 Å². The van der Waals surface area contributed by atoms with E-state index < -0.39 is 27.8 Å². The molecule has 0 unspecified atom stereocenters. The number of aromatic nitrogens is 1. The van der Waals surface area contributed by atoms with Gasteiger partial charge in [-0.25, -0.2) is 17.5 Å². The molecule has 10 heteroatoms. The number of halogens is 1. The second-order valence-corrected chi connectivity index (χ2v) is 7.76. The molecule has 27 heavy (non-hydrogen) atoms. The Kier molecular flexibility index (Phi) is 4.91. The number of rotatable bonds is 3. The Morgan fingerprint density at radius 1 is 1.52 bits per heavy atom. The first-order valence-corrected chi connectivity index (χ1v) is 9.60. The van der Waals surface area contributed by atoms with Crippen LogP contribution in [0, 0.1) is 17.1 Å². The van der Waals surface area contributed by atoms with Crippen molar-refractivity contribution in [2.45, 2.75) is 24.3 Å². The first-order valence-electron chi connectivity index (χ1n) is 8.12. The maximum absolute atomic E-state index is 13.4. The van der Waals surface area contributed by atoms with Crippen LogP contribution in [0.3, 0.4) is 0 Å². The standard InChI is InChI=1S/C17H17FN4O4S/c1-3-11-9-26-16-14(27(24,25)21-11)8-22(2)15(16)17(23)20-12-4-5-13(18)10(6-12)7-19/h4-6,8,11,21H,3,9H2,1-2H3,(H,20,23)/t11-/m0/s1. The first-order chi connectivity index (χ1) is 12.8. The van der Waals surface area contributed by atoms with Crippen molar-refractivity contribution in [3.05, 3.63) is 41.5 Å². The zero-order chi connectivity index (χ0) is 19.8. The van der Waals surface area contributed by atoms with E-state index in [1.807, 2.05) is 6.92 Å². The lowest BCUT2D eigenvalue weighted by Gasteiger charge is -2.13. The Morgan fingerprint density at radius 2 is 2.26 bits per heavy atom. The number of ether oxygens (including phenoxy) is 1. The number of nitriles is 1. The van der Waals surface area contributed by atoms with Crippen molar-refractivity contribution in [2.75, 3.05) is 11.9 Å². The molecule has 0 bridgehead atoms. The van der Waals surface area contributed by atoms with E-state index in [0.717, 1.165) is 6.07 Å². The number of anilines is 1. The maximum atomic E-state index is 13.4. The van der Waals surface area contributed by atoms with Gasteiger partial charge >= 0.3 is 0 Å². The number of benzene rings is 1. The van der Waals surface area contributed by atoms with Crippen LogP contribution in [0.4, 0.5) is 10.1 Å². The molecule has 8 nitrogen and oxygen atoms in total. The van der Waals surface area contributed by atoms with Crippen molar-refractivity contribution in [3.8, 4) is 11.8 Å². The molecular formula is C17H17FN4O4S. The van der Waals surface area contributed by atoms with E-state index in [1.54, 1.807) is 6.07 Å². The van der Waals surface area contributed by atoms with E-state index in [4.69, 9.17) is 10.00 Å². The third-order valence-corrected chi connectivity index (χ3v) is 5.71. The molecule has 2 aromatic rings. The lowest BCUT2D eigenvalue weighted by molar-refractivity contribution is 0.101. The maximum Gasteiger partial charge on any atom is 0.276 e. The predicted molar refractivity (Wildman–Crippen MR) is 94.4 cm³/mol. The Morgan fingerprint density at radius 3 is 2.93 bits per heavy atom. The van der Waals surface area contributed by atoms with E-state index in [1.165, 1.54) is 29.9 Å². The lowest BCUT2D eigenvalue weighted by Crippen LogP contribution is -2.36. The molecule has 0 saturated carbocycles. The quantitative estimate of drug-likeness (QED) is 0.826. The minimum Gasteiger partial charge on any atom is -0.488 e. The highest BCUT2D eigenvalue weighted by Crippen LogP contribution is 2.33. The summed E-state index contributed by atoms with van der Waals surface area (Å²) in [7, 11) is -2.31. The van der Waals surface area contributed by atoms with Gasteiger partial charge in [-0.1, -0.05) is 6.92 Å². The third-order valence-electron chi connectivity index (χ3n) is 4.20.